The Morgan fingerprint density at radius 1 is 0.541 bits per heavy atom. The van der Waals surface area contributed by atoms with E-state index in [1.165, 1.54) is 0 Å². The molecule has 0 aromatic rings. The largest absolute Gasteiger partial charge is 0.460 e. The number of hydrogen-bond donors (Lipinski definition) is 2. The van der Waals surface area contributed by atoms with Crippen LogP contribution in [0.1, 0.15) is 0 Å². The molecule has 1 atom stereocenters. The molecule has 0 saturated heterocycles. The van der Waals surface area contributed by atoms with E-state index in [0.29, 0.717) is 0 Å². The third-order valence-electron chi connectivity index (χ3n) is 4.01. The van der Waals surface area contributed by atoms with Crippen molar-refractivity contribution in [2.24, 2.45) is 5.84 Å². The molecule has 0 radical (unpaired) electrons. The third kappa shape index (κ3) is 4.45. The minimum Gasteiger partial charge on any atom is -0.270 e. The Balaban J connectivity index is 7.28. The molecule has 3 N–H and O–H groups in total. The normalized spacial score (nSPS) is 17.3. The van der Waals surface area contributed by atoms with Crippen LogP contribution < -0.4 is 11.3 Å². The monoisotopic (exact) mass is 642 g/mol. The van der Waals surface area contributed by atoms with Gasteiger partial charge in [0, 0.05) is 0 Å². The van der Waals surface area contributed by atoms with Gasteiger partial charge in [0.05, 0.1) is 0 Å². The van der Waals surface area contributed by atoms with E-state index in [9.17, 15) is 100 Å². The highest BCUT2D eigenvalue weighted by Crippen LogP contribution is 2.58. The van der Waals surface area contributed by atoms with E-state index < -0.39 is 81.9 Å². The number of halogens is 19. The lowest BCUT2D eigenvalue weighted by molar-refractivity contribution is -0.384. The number of nitrogens with one attached hydrogen (secondary N) is 1. The fourth-order valence-corrected chi connectivity index (χ4v) is 6.02. The van der Waals surface area contributed by atoms with Crippen LogP contribution in [0.25, 0.3) is 0 Å². The summed E-state index contributed by atoms with van der Waals surface area (Å²) in [5.74, 6) is -45.0. The number of alkyl halides is 19. The van der Waals surface area contributed by atoms with Crippen LogP contribution >= 0.6 is 0 Å². The zero-order valence-corrected chi connectivity index (χ0v) is 17.5. The maximum Gasteiger partial charge on any atom is 0.460 e. The van der Waals surface area contributed by atoms with Crippen LogP contribution in [0.4, 0.5) is 83.4 Å². The molecule has 0 amide bonds. The summed E-state index contributed by atoms with van der Waals surface area (Å²) >= 11 is 0. The van der Waals surface area contributed by atoms with E-state index in [1.54, 1.807) is 0 Å². The van der Waals surface area contributed by atoms with Crippen molar-refractivity contribution in [1.29, 1.82) is 0 Å². The van der Waals surface area contributed by atoms with Gasteiger partial charge in [0.15, 0.2) is 0 Å². The fraction of sp³-hybridized carbons (Fsp3) is 1.00. The number of rotatable bonds is 11. The lowest BCUT2D eigenvalue weighted by Gasteiger charge is -2.39. The van der Waals surface area contributed by atoms with Gasteiger partial charge in [-0.25, -0.2) is 31.0 Å². The Bertz CT molecular complexity index is 1060. The maximum atomic E-state index is 13.9. The average Bonchev–Trinajstić information content (AvgIpc) is 2.65. The summed E-state index contributed by atoms with van der Waals surface area (Å²) < 4.78 is 293. The van der Waals surface area contributed by atoms with Crippen molar-refractivity contribution < 1.29 is 100 Å². The number of hydrogen-bond acceptors (Lipinski definition) is 6. The van der Waals surface area contributed by atoms with Gasteiger partial charge in [0.2, 0.25) is 5.37 Å². The molecule has 37 heavy (non-hydrogen) atoms. The van der Waals surface area contributed by atoms with E-state index in [2.05, 4.69) is 5.84 Å². The first-order chi connectivity index (χ1) is 15.6. The minimum absolute atomic E-state index is 0.511. The predicted molar refractivity (Wildman–Crippen MR) is 75.6 cm³/mol. The molecule has 0 bridgehead atoms. The van der Waals surface area contributed by atoms with Crippen molar-refractivity contribution >= 4 is 17.7 Å². The molecule has 0 heterocycles. The summed E-state index contributed by atoms with van der Waals surface area (Å²) in [5.41, 5.74) is -0.511. The molecule has 0 aliphatic rings. The summed E-state index contributed by atoms with van der Waals surface area (Å²) in [6.07, 6.45) is -13.9. The van der Waals surface area contributed by atoms with Crippen LogP contribution in [0.2, 0.25) is 0 Å². The first-order valence-corrected chi connectivity index (χ1v) is 11.1. The van der Waals surface area contributed by atoms with Crippen LogP contribution in [0, 0.1) is 0 Å². The van der Waals surface area contributed by atoms with Crippen LogP contribution in [0.5, 0.6) is 0 Å². The second kappa shape index (κ2) is 9.02. The second-order valence-corrected chi connectivity index (χ2v) is 11.9. The quantitative estimate of drug-likeness (QED) is 0.154. The molecule has 0 aliphatic carbocycles. The molecule has 27 heteroatoms. The zero-order valence-electron chi connectivity index (χ0n) is 15.9. The van der Waals surface area contributed by atoms with E-state index in [4.69, 9.17) is 0 Å². The van der Waals surface area contributed by atoms with Crippen LogP contribution in [0.3, 0.4) is 0 Å². The second-order valence-electron chi connectivity index (χ2n) is 6.35. The van der Waals surface area contributed by atoms with Gasteiger partial charge in [-0.3, -0.25) is 5.84 Å². The number of nitrogens with two attached hydrogens (primary N) is 1. The highest BCUT2D eigenvalue weighted by atomic mass is 33.2. The Hall–Kier alpha value is -1.51. The first kappa shape index (κ1) is 35.5. The smallest absolute Gasteiger partial charge is 0.270 e. The molecular formula is C10H5F19N2O4S2. The van der Waals surface area contributed by atoms with Gasteiger partial charge in [-0.2, -0.15) is 74.6 Å². The third-order valence-corrected chi connectivity index (χ3v) is 9.56. The summed E-state index contributed by atoms with van der Waals surface area (Å²) in [7, 11) is -18.0. The molecule has 0 rings (SSSR count). The van der Waals surface area contributed by atoms with Crippen molar-refractivity contribution in [3.8, 4) is 0 Å². The van der Waals surface area contributed by atoms with Gasteiger partial charge < -0.3 is 0 Å². The van der Waals surface area contributed by atoms with Crippen LogP contribution in [-0.4, -0.2) is 75.6 Å². The lowest BCUT2D eigenvalue weighted by atomic mass is 9.98. The van der Waals surface area contributed by atoms with E-state index in [-0.39, 0.29) is 0 Å². The zero-order chi connectivity index (χ0) is 30.9. The summed E-state index contributed by atoms with van der Waals surface area (Å²) in [5, 5.41) is -14.5. The molecule has 0 fully saturated rings. The molecule has 0 aliphatic heterocycles. The summed E-state index contributed by atoms with van der Waals surface area (Å²) in [6, 6.07) is 0. The molecule has 0 aromatic carbocycles. The minimum atomic E-state index is -9.22. The molecular weight excluding hydrogens is 637 g/mol. The van der Waals surface area contributed by atoms with E-state index >= 15 is 0 Å². The van der Waals surface area contributed by atoms with Crippen molar-refractivity contribution in [2.45, 2.75) is 58.8 Å². The van der Waals surface area contributed by atoms with Crippen LogP contribution in [0.15, 0.2) is 0 Å². The van der Waals surface area contributed by atoms with E-state index in [1.807, 2.05) is 0 Å². The summed E-state index contributed by atoms with van der Waals surface area (Å²) in [4.78, 5) is 0. The Morgan fingerprint density at radius 2 is 0.865 bits per heavy atom. The van der Waals surface area contributed by atoms with E-state index in [0.717, 1.165) is 0 Å². The first-order valence-electron chi connectivity index (χ1n) is 7.58. The standard InChI is InChI=1S/C10H5F19N2O4S2/c11-1(12)3(13,14)5(17,18)6(19,20)4(15,16)2(31-30)36(32,33)37(34,35)10(28,29)8(23,24)7(21,22)9(25,26)27/h1-2,31H,30H2. The lowest BCUT2D eigenvalue weighted by Crippen LogP contribution is -2.72. The highest BCUT2D eigenvalue weighted by Gasteiger charge is 2.89. The Labute approximate surface area is 189 Å². The van der Waals surface area contributed by atoms with Gasteiger partial charge in [0.1, 0.15) is 0 Å². The van der Waals surface area contributed by atoms with Crippen molar-refractivity contribution in [2.75, 3.05) is 0 Å². The Morgan fingerprint density at radius 3 is 1.14 bits per heavy atom. The van der Waals surface area contributed by atoms with Crippen molar-refractivity contribution in [1.82, 2.24) is 5.43 Å². The van der Waals surface area contributed by atoms with Crippen LogP contribution in [-0.2, 0) is 17.7 Å². The molecule has 0 aromatic heterocycles. The number of hydrazine groups is 1. The van der Waals surface area contributed by atoms with Gasteiger partial charge in [-0.1, -0.05) is 0 Å². The summed E-state index contributed by atoms with van der Waals surface area (Å²) in [6.45, 7) is 0. The SMILES string of the molecule is NNC(C(F)(F)C(F)(F)C(F)(F)C(F)(F)C(F)F)S(=O)(=O)S(=O)(=O)C(F)(F)C(F)(F)C(F)(F)C(F)(F)F. The molecule has 6 nitrogen and oxygen atoms in total. The van der Waals surface area contributed by atoms with Gasteiger partial charge >= 0.3 is 62.3 Å². The highest BCUT2D eigenvalue weighted by molar-refractivity contribution is 8.67. The van der Waals surface area contributed by atoms with Gasteiger partial charge in [-0.15, -0.1) is 0 Å². The maximum absolute atomic E-state index is 13.9. The van der Waals surface area contributed by atoms with Crippen molar-refractivity contribution in [3.63, 3.8) is 0 Å². The fourth-order valence-electron chi connectivity index (χ4n) is 1.88. The Kier molecular flexibility index (Phi) is 8.65. The van der Waals surface area contributed by atoms with Gasteiger partial charge in [-0.05, 0) is 0 Å². The van der Waals surface area contributed by atoms with Gasteiger partial charge in [0.25, 0.3) is 8.87 Å². The predicted octanol–water partition coefficient (Wildman–Crippen LogP) is 3.75. The molecule has 1 unspecified atom stereocenters. The molecule has 224 valence electrons. The molecule has 0 spiro atoms. The topological polar surface area (TPSA) is 106 Å². The van der Waals surface area contributed by atoms with Crippen molar-refractivity contribution in [3.05, 3.63) is 0 Å². The molecule has 0 saturated carbocycles. The average molecular weight is 642 g/mol.